The van der Waals surface area contributed by atoms with Gasteiger partial charge in [-0.15, -0.1) is 5.10 Å². The van der Waals surface area contributed by atoms with Crippen LogP contribution in [0.5, 0.6) is 0 Å². The summed E-state index contributed by atoms with van der Waals surface area (Å²) in [5.74, 6) is -0.830. The summed E-state index contributed by atoms with van der Waals surface area (Å²) in [7, 11) is 1.78. The number of carboxylic acids is 1. The summed E-state index contributed by atoms with van der Waals surface area (Å²) >= 11 is 1.49. The van der Waals surface area contributed by atoms with Crippen molar-refractivity contribution in [3.05, 3.63) is 65.2 Å². The van der Waals surface area contributed by atoms with E-state index in [-0.39, 0.29) is 43.5 Å². The first kappa shape index (κ1) is 26.7. The Bertz CT molecular complexity index is 1220. The second-order valence-electron chi connectivity index (χ2n) is 8.79. The molecule has 4 unspecified atom stereocenters. The van der Waals surface area contributed by atoms with Gasteiger partial charge >= 0.3 is 5.97 Å². The monoisotopic (exact) mass is 527 g/mol. The molecule has 2 aromatic carbocycles. The number of ether oxygens (including phenoxy) is 2. The number of nitrogens with zero attached hydrogens (tertiary/aromatic N) is 4. The zero-order valence-electron chi connectivity index (χ0n) is 20.5. The summed E-state index contributed by atoms with van der Waals surface area (Å²) in [5, 5.41) is 33.3. The third kappa shape index (κ3) is 6.92. The predicted molar refractivity (Wildman–Crippen MR) is 134 cm³/mol. The number of benzene rings is 2. The molecule has 1 saturated heterocycles. The number of carboxylic acid groups (broad SMARTS) is 1. The summed E-state index contributed by atoms with van der Waals surface area (Å²) < 4.78 is 14.5. The van der Waals surface area contributed by atoms with Crippen LogP contribution in [0.1, 0.15) is 48.8 Å². The molecular formula is C25H29N5O6S. The van der Waals surface area contributed by atoms with Crippen LogP contribution < -0.4 is 5.32 Å². The molecule has 0 aliphatic carbocycles. The zero-order chi connectivity index (χ0) is 26.4. The molecule has 2 heterocycles. The van der Waals surface area contributed by atoms with Crippen LogP contribution in [0.3, 0.4) is 0 Å². The number of aliphatic carboxylic acids is 1. The SMILES string of the molecule is CC1C(CSc2nnnn2C)OC(c2cccc(NC(=O)CCC(=O)O)c2)OC1c1ccc(CO)cc1. The van der Waals surface area contributed by atoms with Gasteiger partial charge in [-0.2, -0.15) is 0 Å². The molecule has 0 saturated carbocycles. The highest BCUT2D eigenvalue weighted by molar-refractivity contribution is 7.99. The Morgan fingerprint density at radius 2 is 1.89 bits per heavy atom. The molecule has 0 bridgehead atoms. The normalized spacial score (nSPS) is 21.5. The third-order valence-corrected chi connectivity index (χ3v) is 7.19. The minimum absolute atomic E-state index is 0.0104. The lowest BCUT2D eigenvalue weighted by molar-refractivity contribution is -0.268. The fourth-order valence-electron chi connectivity index (χ4n) is 4.02. The van der Waals surface area contributed by atoms with Gasteiger partial charge in [0, 0.05) is 36.4 Å². The number of nitrogens with one attached hydrogen (secondary N) is 1. The van der Waals surface area contributed by atoms with Gasteiger partial charge in [0.15, 0.2) is 6.29 Å². The van der Waals surface area contributed by atoms with E-state index in [1.165, 1.54) is 11.8 Å². The van der Waals surface area contributed by atoms with E-state index in [4.69, 9.17) is 14.6 Å². The van der Waals surface area contributed by atoms with Crippen molar-refractivity contribution in [3.63, 3.8) is 0 Å². The zero-order valence-corrected chi connectivity index (χ0v) is 21.3. The first-order chi connectivity index (χ1) is 17.8. The number of amides is 1. The molecule has 4 atom stereocenters. The number of aliphatic hydroxyl groups is 1. The molecule has 196 valence electrons. The van der Waals surface area contributed by atoms with Crippen molar-refractivity contribution in [2.24, 2.45) is 13.0 Å². The molecule has 1 fully saturated rings. The van der Waals surface area contributed by atoms with Crippen molar-refractivity contribution >= 4 is 29.3 Å². The number of aryl methyl sites for hydroxylation is 1. The van der Waals surface area contributed by atoms with E-state index in [2.05, 4.69) is 27.8 Å². The lowest BCUT2D eigenvalue weighted by Crippen LogP contribution is -2.38. The maximum absolute atomic E-state index is 12.1. The maximum Gasteiger partial charge on any atom is 0.303 e. The van der Waals surface area contributed by atoms with E-state index < -0.39 is 12.3 Å². The minimum atomic E-state index is -1.03. The van der Waals surface area contributed by atoms with Gasteiger partial charge in [-0.1, -0.05) is 55.1 Å². The second kappa shape index (κ2) is 12.3. The number of hydrogen-bond donors (Lipinski definition) is 3. The molecule has 4 rings (SSSR count). The highest BCUT2D eigenvalue weighted by atomic mass is 32.2. The van der Waals surface area contributed by atoms with Gasteiger partial charge in [-0.05, 0) is 33.7 Å². The smallest absolute Gasteiger partial charge is 0.303 e. The Labute approximate surface area is 218 Å². The fourth-order valence-corrected chi connectivity index (χ4v) is 5.03. The molecule has 0 spiro atoms. The summed E-state index contributed by atoms with van der Waals surface area (Å²) in [5.41, 5.74) is 3.02. The molecule has 11 nitrogen and oxygen atoms in total. The van der Waals surface area contributed by atoms with Crippen molar-refractivity contribution in [2.75, 3.05) is 11.1 Å². The molecule has 1 amide bonds. The summed E-state index contributed by atoms with van der Waals surface area (Å²) in [4.78, 5) is 22.9. The number of hydrogen-bond acceptors (Lipinski definition) is 9. The number of rotatable bonds is 10. The quantitative estimate of drug-likeness (QED) is 0.336. The number of carbonyl (C=O) groups is 2. The topological polar surface area (TPSA) is 149 Å². The Morgan fingerprint density at radius 3 is 2.57 bits per heavy atom. The van der Waals surface area contributed by atoms with Crippen molar-refractivity contribution in [1.29, 1.82) is 0 Å². The molecule has 37 heavy (non-hydrogen) atoms. The fraction of sp³-hybridized carbons (Fsp3) is 0.400. The Hall–Kier alpha value is -3.32. The highest BCUT2D eigenvalue weighted by Crippen LogP contribution is 2.43. The van der Waals surface area contributed by atoms with Gasteiger partial charge in [-0.3, -0.25) is 9.59 Å². The summed E-state index contributed by atoms with van der Waals surface area (Å²) in [6.07, 6.45) is -1.57. The molecule has 3 N–H and O–H groups in total. The first-order valence-electron chi connectivity index (χ1n) is 11.8. The molecule has 1 aliphatic rings. The third-order valence-electron chi connectivity index (χ3n) is 6.09. The number of anilines is 1. The average molecular weight is 528 g/mol. The van der Waals surface area contributed by atoms with Crippen molar-refractivity contribution in [2.45, 2.75) is 50.0 Å². The van der Waals surface area contributed by atoms with Crippen LogP contribution in [0.4, 0.5) is 5.69 Å². The van der Waals surface area contributed by atoms with Gasteiger partial charge in [0.05, 0.1) is 25.2 Å². The molecular weight excluding hydrogens is 498 g/mol. The minimum Gasteiger partial charge on any atom is -0.481 e. The molecule has 1 aromatic heterocycles. The van der Waals surface area contributed by atoms with Crippen LogP contribution in [0.15, 0.2) is 53.7 Å². The van der Waals surface area contributed by atoms with E-state index in [9.17, 15) is 14.7 Å². The largest absolute Gasteiger partial charge is 0.481 e. The van der Waals surface area contributed by atoms with Gasteiger partial charge in [0.25, 0.3) is 0 Å². The Balaban J connectivity index is 1.55. The van der Waals surface area contributed by atoms with Crippen LogP contribution in [0, 0.1) is 5.92 Å². The Kier molecular flexibility index (Phi) is 8.87. The van der Waals surface area contributed by atoms with E-state index >= 15 is 0 Å². The van der Waals surface area contributed by atoms with E-state index in [1.54, 1.807) is 29.9 Å². The maximum atomic E-state index is 12.1. The number of tetrazole rings is 1. The van der Waals surface area contributed by atoms with E-state index in [0.717, 1.165) is 16.7 Å². The van der Waals surface area contributed by atoms with E-state index in [1.807, 2.05) is 30.3 Å². The summed E-state index contributed by atoms with van der Waals surface area (Å²) in [6, 6.07) is 14.8. The standard InChI is InChI=1S/C25H29N5O6S/c1-15-20(14-37-25-27-28-29-30(25)2)35-24(36-23(15)17-8-6-16(13-31)7-9-17)18-4-3-5-19(12-18)26-21(32)10-11-22(33)34/h3-9,12,15,20,23-24,31H,10-11,13-14H2,1-2H3,(H,26,32)(H,33,34). The summed E-state index contributed by atoms with van der Waals surface area (Å²) in [6.45, 7) is 2.03. The number of carbonyl (C=O) groups excluding carboxylic acids is 1. The van der Waals surface area contributed by atoms with Crippen molar-refractivity contribution in [3.8, 4) is 0 Å². The van der Waals surface area contributed by atoms with Crippen LogP contribution in [0.25, 0.3) is 0 Å². The van der Waals surface area contributed by atoms with Gasteiger partial charge in [0.2, 0.25) is 11.1 Å². The second-order valence-corrected chi connectivity index (χ2v) is 9.77. The number of thioether (sulfide) groups is 1. The van der Waals surface area contributed by atoms with Crippen LogP contribution in [-0.4, -0.2) is 54.2 Å². The average Bonchev–Trinajstić information content (AvgIpc) is 3.31. The van der Waals surface area contributed by atoms with Gasteiger partial charge in [-0.25, -0.2) is 4.68 Å². The molecule has 1 aliphatic heterocycles. The molecule has 3 aromatic rings. The molecule has 12 heteroatoms. The lowest BCUT2D eigenvalue weighted by Gasteiger charge is -2.41. The first-order valence-corrected chi connectivity index (χ1v) is 12.8. The number of aliphatic hydroxyl groups excluding tert-OH is 1. The van der Waals surface area contributed by atoms with E-state index in [0.29, 0.717) is 16.6 Å². The van der Waals surface area contributed by atoms with Crippen molar-refractivity contribution < 1.29 is 29.3 Å². The predicted octanol–water partition coefficient (Wildman–Crippen LogP) is 3.09. The van der Waals surface area contributed by atoms with Gasteiger partial charge < -0.3 is 25.0 Å². The van der Waals surface area contributed by atoms with Crippen LogP contribution >= 0.6 is 11.8 Å². The molecule has 0 radical (unpaired) electrons. The van der Waals surface area contributed by atoms with Crippen LogP contribution in [0.2, 0.25) is 0 Å². The van der Waals surface area contributed by atoms with Gasteiger partial charge in [0.1, 0.15) is 0 Å². The van der Waals surface area contributed by atoms with Crippen molar-refractivity contribution in [1.82, 2.24) is 20.2 Å². The number of aromatic nitrogens is 4. The van der Waals surface area contributed by atoms with Crippen LogP contribution in [-0.2, 0) is 32.7 Å². The Morgan fingerprint density at radius 1 is 1.11 bits per heavy atom. The highest BCUT2D eigenvalue weighted by Gasteiger charge is 2.38. The lowest BCUT2D eigenvalue weighted by atomic mass is 9.91.